The Kier molecular flexibility index (Phi) is 4.15. The summed E-state index contributed by atoms with van der Waals surface area (Å²) < 4.78 is 6.90. The molecule has 1 aliphatic carbocycles. The highest BCUT2D eigenvalue weighted by Crippen LogP contribution is 2.28. The Labute approximate surface area is 122 Å². The highest BCUT2D eigenvalue weighted by Gasteiger charge is 2.22. The summed E-state index contributed by atoms with van der Waals surface area (Å²) in [6.45, 7) is 0.286. The molecule has 0 radical (unpaired) electrons. The molecule has 0 aliphatic heterocycles. The molecule has 0 saturated heterocycles. The van der Waals surface area contributed by atoms with Gasteiger partial charge in [0, 0.05) is 12.6 Å². The van der Waals surface area contributed by atoms with Crippen LogP contribution in [0, 0.1) is 0 Å². The van der Waals surface area contributed by atoms with Gasteiger partial charge >= 0.3 is 0 Å². The number of aromatic nitrogens is 2. The Morgan fingerprint density at radius 1 is 1.55 bits per heavy atom. The number of furan rings is 1. The molecule has 6 nitrogen and oxygen atoms in total. The van der Waals surface area contributed by atoms with Crippen LogP contribution in [0.3, 0.4) is 0 Å². The maximum Gasteiger partial charge on any atom is 0.260 e. The first kappa shape index (κ1) is 14.6. The number of hydrogen-bond donors (Lipinski definition) is 2. The largest absolute Gasteiger partial charge is 0.467 e. The van der Waals surface area contributed by atoms with E-state index in [1.54, 1.807) is 10.7 Å². The number of fused-ring (bicyclic) bond motifs is 1. The quantitative estimate of drug-likeness (QED) is 0.901. The van der Waals surface area contributed by atoms with Gasteiger partial charge in [-0.3, -0.25) is 9.48 Å². The first-order valence-corrected chi connectivity index (χ1v) is 6.32. The minimum Gasteiger partial charge on any atom is -0.467 e. The van der Waals surface area contributed by atoms with E-state index in [0.29, 0.717) is 11.3 Å². The number of hydrogen-bond acceptors (Lipinski definition) is 4. The number of halogens is 1. The lowest BCUT2D eigenvalue weighted by atomic mass is 10.2. The Balaban J connectivity index is 0.00000147. The van der Waals surface area contributed by atoms with Crippen molar-refractivity contribution in [2.24, 2.45) is 12.8 Å². The van der Waals surface area contributed by atoms with Crippen LogP contribution < -0.4 is 11.1 Å². The number of amides is 1. The van der Waals surface area contributed by atoms with Crippen molar-refractivity contribution < 1.29 is 9.21 Å². The highest BCUT2D eigenvalue weighted by molar-refractivity contribution is 6.04. The normalized spacial score (nSPS) is 12.9. The molecule has 1 amide bonds. The standard InChI is InChI=1S/C13H16N4O2.ClH/c1-17-12(10-3-2-4-11(10)16-17)15-13(18)8-5-9(6-14)19-7-8;/h5,7H,2-4,6,14H2,1H3,(H,15,18);1H. The summed E-state index contributed by atoms with van der Waals surface area (Å²) in [5.41, 5.74) is 8.18. The molecule has 0 spiro atoms. The summed E-state index contributed by atoms with van der Waals surface area (Å²) in [6, 6.07) is 1.66. The topological polar surface area (TPSA) is 86.1 Å². The molecule has 0 atom stereocenters. The number of aryl methyl sites for hydroxylation is 2. The van der Waals surface area contributed by atoms with Crippen LogP contribution in [0.1, 0.15) is 33.8 Å². The smallest absolute Gasteiger partial charge is 0.260 e. The van der Waals surface area contributed by atoms with Gasteiger partial charge < -0.3 is 15.5 Å². The first-order chi connectivity index (χ1) is 9.19. The molecule has 0 saturated carbocycles. The third kappa shape index (κ3) is 2.44. The molecule has 108 valence electrons. The summed E-state index contributed by atoms with van der Waals surface area (Å²) >= 11 is 0. The maximum absolute atomic E-state index is 12.1. The fourth-order valence-corrected chi connectivity index (χ4v) is 2.46. The van der Waals surface area contributed by atoms with Crippen molar-refractivity contribution in [3.8, 4) is 0 Å². The predicted molar refractivity (Wildman–Crippen MR) is 77.0 cm³/mol. The van der Waals surface area contributed by atoms with Crippen LogP contribution in [0.5, 0.6) is 0 Å². The van der Waals surface area contributed by atoms with E-state index in [0.717, 1.165) is 36.3 Å². The molecule has 0 bridgehead atoms. The van der Waals surface area contributed by atoms with E-state index >= 15 is 0 Å². The summed E-state index contributed by atoms with van der Waals surface area (Å²) in [6.07, 6.45) is 4.48. The van der Waals surface area contributed by atoms with Crippen molar-refractivity contribution in [2.75, 3.05) is 5.32 Å². The zero-order valence-corrected chi connectivity index (χ0v) is 12.0. The molecule has 2 heterocycles. The molecular formula is C13H17ClN4O2. The van der Waals surface area contributed by atoms with E-state index in [1.165, 1.54) is 6.26 Å². The van der Waals surface area contributed by atoms with Crippen LogP contribution in [0.25, 0.3) is 0 Å². The second-order valence-corrected chi connectivity index (χ2v) is 4.71. The second-order valence-electron chi connectivity index (χ2n) is 4.71. The molecule has 3 rings (SSSR count). The van der Waals surface area contributed by atoms with Gasteiger partial charge in [-0.1, -0.05) is 0 Å². The average Bonchev–Trinajstić information content (AvgIpc) is 3.07. The summed E-state index contributed by atoms with van der Waals surface area (Å²) in [5.74, 6) is 1.19. The van der Waals surface area contributed by atoms with Crippen molar-refractivity contribution in [1.29, 1.82) is 0 Å². The monoisotopic (exact) mass is 296 g/mol. The zero-order chi connectivity index (χ0) is 13.4. The number of carbonyl (C=O) groups excluding carboxylic acids is 1. The van der Waals surface area contributed by atoms with Gasteiger partial charge in [-0.05, 0) is 25.3 Å². The minimum absolute atomic E-state index is 0. The van der Waals surface area contributed by atoms with Gasteiger partial charge in [-0.2, -0.15) is 5.10 Å². The molecule has 0 unspecified atom stereocenters. The van der Waals surface area contributed by atoms with Crippen LogP contribution in [0.2, 0.25) is 0 Å². The molecule has 2 aromatic heterocycles. The predicted octanol–water partition coefficient (Wildman–Crippen LogP) is 1.63. The first-order valence-electron chi connectivity index (χ1n) is 6.32. The fraction of sp³-hybridized carbons (Fsp3) is 0.385. The van der Waals surface area contributed by atoms with Crippen LogP contribution in [0.15, 0.2) is 16.7 Å². The number of nitrogens with one attached hydrogen (secondary N) is 1. The number of rotatable bonds is 3. The van der Waals surface area contributed by atoms with Crippen molar-refractivity contribution >= 4 is 24.1 Å². The fourth-order valence-electron chi connectivity index (χ4n) is 2.46. The summed E-state index contributed by atoms with van der Waals surface area (Å²) in [5, 5.41) is 7.32. The maximum atomic E-state index is 12.1. The molecule has 3 N–H and O–H groups in total. The van der Waals surface area contributed by atoms with Gasteiger partial charge in [-0.25, -0.2) is 0 Å². The van der Waals surface area contributed by atoms with Gasteiger partial charge in [0.1, 0.15) is 17.8 Å². The Morgan fingerprint density at radius 3 is 3.05 bits per heavy atom. The average molecular weight is 297 g/mol. The molecule has 1 aliphatic rings. The third-order valence-corrected chi connectivity index (χ3v) is 3.42. The van der Waals surface area contributed by atoms with E-state index in [2.05, 4.69) is 10.4 Å². The van der Waals surface area contributed by atoms with E-state index in [1.807, 2.05) is 7.05 Å². The van der Waals surface area contributed by atoms with Crippen LogP contribution in [-0.2, 0) is 26.4 Å². The highest BCUT2D eigenvalue weighted by atomic mass is 35.5. The Morgan fingerprint density at radius 2 is 2.35 bits per heavy atom. The molecule has 7 heteroatoms. The Bertz CT molecular complexity index is 632. The van der Waals surface area contributed by atoms with Gasteiger partial charge in [0.25, 0.3) is 5.91 Å². The summed E-state index contributed by atoms with van der Waals surface area (Å²) in [7, 11) is 1.84. The Hall–Kier alpha value is -1.79. The minimum atomic E-state index is -0.193. The second kappa shape index (κ2) is 5.68. The number of nitrogens with zero attached hydrogens (tertiary/aromatic N) is 2. The van der Waals surface area contributed by atoms with Crippen molar-refractivity contribution in [3.05, 3.63) is 34.9 Å². The molecule has 0 aromatic carbocycles. The molecule has 2 aromatic rings. The van der Waals surface area contributed by atoms with Crippen LogP contribution in [-0.4, -0.2) is 15.7 Å². The number of nitrogens with two attached hydrogens (primary N) is 1. The third-order valence-electron chi connectivity index (χ3n) is 3.42. The lowest BCUT2D eigenvalue weighted by Gasteiger charge is -2.06. The molecule has 0 fully saturated rings. The number of anilines is 1. The van der Waals surface area contributed by atoms with Crippen molar-refractivity contribution in [2.45, 2.75) is 25.8 Å². The van der Waals surface area contributed by atoms with Gasteiger partial charge in [0.2, 0.25) is 0 Å². The van der Waals surface area contributed by atoms with Gasteiger partial charge in [0.05, 0.1) is 17.8 Å². The van der Waals surface area contributed by atoms with Crippen LogP contribution >= 0.6 is 12.4 Å². The zero-order valence-electron chi connectivity index (χ0n) is 11.2. The van der Waals surface area contributed by atoms with E-state index < -0.39 is 0 Å². The molecule has 20 heavy (non-hydrogen) atoms. The SMILES string of the molecule is Cl.Cn1nc2c(c1NC(=O)c1coc(CN)c1)CCC2. The lowest BCUT2D eigenvalue weighted by molar-refractivity contribution is 0.102. The molecular weight excluding hydrogens is 280 g/mol. The lowest BCUT2D eigenvalue weighted by Crippen LogP contribution is -2.15. The van der Waals surface area contributed by atoms with E-state index in [-0.39, 0.29) is 24.9 Å². The van der Waals surface area contributed by atoms with E-state index in [4.69, 9.17) is 10.2 Å². The van der Waals surface area contributed by atoms with Gasteiger partial charge in [0.15, 0.2) is 0 Å². The summed E-state index contributed by atoms with van der Waals surface area (Å²) in [4.78, 5) is 12.1. The number of carbonyl (C=O) groups is 1. The van der Waals surface area contributed by atoms with E-state index in [9.17, 15) is 4.79 Å². The van der Waals surface area contributed by atoms with Gasteiger partial charge in [-0.15, -0.1) is 12.4 Å². The van der Waals surface area contributed by atoms with Crippen molar-refractivity contribution in [1.82, 2.24) is 9.78 Å². The van der Waals surface area contributed by atoms with Crippen LogP contribution in [0.4, 0.5) is 5.82 Å². The van der Waals surface area contributed by atoms with Crippen molar-refractivity contribution in [3.63, 3.8) is 0 Å².